The van der Waals surface area contributed by atoms with Crippen LogP contribution in [0.1, 0.15) is 16.7 Å². The Kier molecular flexibility index (Phi) is 2.88. The first kappa shape index (κ1) is 11.7. The zero-order valence-corrected chi connectivity index (χ0v) is 10.8. The SMILES string of the molecule is Cc1cc2ccccc2cc1Cc1cnc(N)nc1. The molecule has 1 aromatic heterocycles. The number of anilines is 1. The Hall–Kier alpha value is -2.42. The van der Waals surface area contributed by atoms with Crippen LogP contribution in [0.2, 0.25) is 0 Å². The van der Waals surface area contributed by atoms with Crippen molar-refractivity contribution in [2.24, 2.45) is 0 Å². The Morgan fingerprint density at radius 1 is 1.00 bits per heavy atom. The van der Waals surface area contributed by atoms with E-state index in [2.05, 4.69) is 53.3 Å². The fraction of sp³-hybridized carbons (Fsp3) is 0.125. The van der Waals surface area contributed by atoms with E-state index >= 15 is 0 Å². The minimum atomic E-state index is 0.319. The quantitative estimate of drug-likeness (QED) is 0.759. The second kappa shape index (κ2) is 4.69. The molecule has 2 N–H and O–H groups in total. The topological polar surface area (TPSA) is 51.8 Å². The van der Waals surface area contributed by atoms with Crippen LogP contribution in [0.3, 0.4) is 0 Å². The van der Waals surface area contributed by atoms with Crippen LogP contribution in [0.4, 0.5) is 5.95 Å². The predicted molar refractivity (Wildman–Crippen MR) is 77.9 cm³/mol. The standard InChI is InChI=1S/C16H15N3/c1-11-6-13-4-2-3-5-14(13)8-15(11)7-12-9-18-16(17)19-10-12/h2-6,8-10H,7H2,1H3,(H2,17,18,19). The van der Waals surface area contributed by atoms with Crippen molar-refractivity contribution in [3.8, 4) is 0 Å². The first-order valence-corrected chi connectivity index (χ1v) is 6.27. The van der Waals surface area contributed by atoms with E-state index in [0.29, 0.717) is 5.95 Å². The van der Waals surface area contributed by atoms with Crippen LogP contribution in [0.25, 0.3) is 10.8 Å². The number of benzene rings is 2. The van der Waals surface area contributed by atoms with Crippen LogP contribution in [0.5, 0.6) is 0 Å². The van der Waals surface area contributed by atoms with Crippen LogP contribution < -0.4 is 5.73 Å². The van der Waals surface area contributed by atoms with E-state index < -0.39 is 0 Å². The number of hydrogen-bond acceptors (Lipinski definition) is 3. The number of nitrogens with two attached hydrogens (primary N) is 1. The highest BCUT2D eigenvalue weighted by Gasteiger charge is 2.03. The molecule has 0 aliphatic rings. The summed E-state index contributed by atoms with van der Waals surface area (Å²) in [5.41, 5.74) is 9.16. The van der Waals surface area contributed by atoms with Crippen molar-refractivity contribution in [1.82, 2.24) is 9.97 Å². The van der Waals surface area contributed by atoms with Gasteiger partial charge in [-0.3, -0.25) is 0 Å². The maximum absolute atomic E-state index is 5.50. The number of rotatable bonds is 2. The number of nitrogen functional groups attached to an aromatic ring is 1. The van der Waals surface area contributed by atoms with Gasteiger partial charge in [-0.05, 0) is 34.4 Å². The average Bonchev–Trinajstić information content (AvgIpc) is 2.42. The van der Waals surface area contributed by atoms with E-state index in [0.717, 1.165) is 12.0 Å². The molecule has 1 heterocycles. The third-order valence-corrected chi connectivity index (χ3v) is 3.32. The van der Waals surface area contributed by atoms with Gasteiger partial charge in [0, 0.05) is 18.8 Å². The van der Waals surface area contributed by atoms with Crippen LogP contribution in [0, 0.1) is 6.92 Å². The van der Waals surface area contributed by atoms with Gasteiger partial charge in [-0.2, -0.15) is 0 Å². The summed E-state index contributed by atoms with van der Waals surface area (Å²) in [4.78, 5) is 8.07. The molecule has 0 radical (unpaired) electrons. The highest BCUT2D eigenvalue weighted by atomic mass is 15.0. The molecule has 2 aromatic carbocycles. The Balaban J connectivity index is 2.00. The van der Waals surface area contributed by atoms with Crippen LogP contribution >= 0.6 is 0 Å². The number of aryl methyl sites for hydroxylation is 1. The molecule has 0 fully saturated rings. The van der Waals surface area contributed by atoms with Gasteiger partial charge in [0.2, 0.25) is 5.95 Å². The molecule has 3 heteroatoms. The molecule has 0 bridgehead atoms. The summed E-state index contributed by atoms with van der Waals surface area (Å²) in [6.07, 6.45) is 4.41. The lowest BCUT2D eigenvalue weighted by molar-refractivity contribution is 1.07. The zero-order chi connectivity index (χ0) is 13.2. The Bertz CT molecular complexity index is 718. The number of nitrogens with zero attached hydrogens (tertiary/aromatic N) is 2. The minimum Gasteiger partial charge on any atom is -0.368 e. The third-order valence-electron chi connectivity index (χ3n) is 3.32. The minimum absolute atomic E-state index is 0.319. The lowest BCUT2D eigenvalue weighted by Gasteiger charge is -2.08. The van der Waals surface area contributed by atoms with Crippen molar-refractivity contribution in [3.63, 3.8) is 0 Å². The molecule has 0 spiro atoms. The van der Waals surface area contributed by atoms with E-state index in [4.69, 9.17) is 5.73 Å². The van der Waals surface area contributed by atoms with Crippen LogP contribution in [0.15, 0.2) is 48.8 Å². The van der Waals surface area contributed by atoms with Gasteiger partial charge in [-0.15, -0.1) is 0 Å². The van der Waals surface area contributed by atoms with Crippen molar-refractivity contribution in [3.05, 3.63) is 65.5 Å². The van der Waals surface area contributed by atoms with Gasteiger partial charge in [0.1, 0.15) is 0 Å². The maximum Gasteiger partial charge on any atom is 0.219 e. The predicted octanol–water partition coefficient (Wildman–Crippen LogP) is 3.11. The molecule has 3 nitrogen and oxygen atoms in total. The fourth-order valence-electron chi connectivity index (χ4n) is 2.27. The fourth-order valence-corrected chi connectivity index (χ4v) is 2.27. The molecule has 0 unspecified atom stereocenters. The molecule has 0 atom stereocenters. The van der Waals surface area contributed by atoms with Crippen molar-refractivity contribution in [2.75, 3.05) is 5.73 Å². The van der Waals surface area contributed by atoms with E-state index in [1.165, 1.54) is 21.9 Å². The molecule has 0 amide bonds. The monoisotopic (exact) mass is 249 g/mol. The summed E-state index contributed by atoms with van der Waals surface area (Å²) < 4.78 is 0. The molecule has 0 aliphatic heterocycles. The molecule has 3 aromatic rings. The van der Waals surface area contributed by atoms with Gasteiger partial charge in [-0.25, -0.2) is 9.97 Å². The maximum atomic E-state index is 5.50. The summed E-state index contributed by atoms with van der Waals surface area (Å²) in [6.45, 7) is 2.14. The van der Waals surface area contributed by atoms with Gasteiger partial charge in [0.25, 0.3) is 0 Å². The van der Waals surface area contributed by atoms with Crippen molar-refractivity contribution in [1.29, 1.82) is 0 Å². The van der Waals surface area contributed by atoms with E-state index in [1.54, 1.807) is 12.4 Å². The third kappa shape index (κ3) is 2.40. The van der Waals surface area contributed by atoms with Gasteiger partial charge >= 0.3 is 0 Å². The summed E-state index contributed by atoms with van der Waals surface area (Å²) >= 11 is 0. The molecule has 3 rings (SSSR count). The molecule has 94 valence electrons. The number of aromatic nitrogens is 2. The largest absolute Gasteiger partial charge is 0.368 e. The highest BCUT2D eigenvalue weighted by Crippen LogP contribution is 2.21. The van der Waals surface area contributed by atoms with E-state index in [9.17, 15) is 0 Å². The molecular formula is C16H15N3. The van der Waals surface area contributed by atoms with Crippen LogP contribution in [-0.2, 0) is 6.42 Å². The zero-order valence-electron chi connectivity index (χ0n) is 10.8. The number of fused-ring (bicyclic) bond motifs is 1. The highest BCUT2D eigenvalue weighted by molar-refractivity contribution is 5.84. The molecule has 19 heavy (non-hydrogen) atoms. The van der Waals surface area contributed by atoms with Gasteiger partial charge in [0.15, 0.2) is 0 Å². The smallest absolute Gasteiger partial charge is 0.219 e. The number of hydrogen-bond donors (Lipinski definition) is 1. The average molecular weight is 249 g/mol. The Morgan fingerprint density at radius 3 is 2.32 bits per heavy atom. The summed E-state index contributed by atoms with van der Waals surface area (Å²) in [5.74, 6) is 0.319. The normalized spacial score (nSPS) is 10.8. The second-order valence-electron chi connectivity index (χ2n) is 4.75. The lowest BCUT2D eigenvalue weighted by atomic mass is 9.98. The van der Waals surface area contributed by atoms with Crippen molar-refractivity contribution >= 4 is 16.7 Å². The summed E-state index contributed by atoms with van der Waals surface area (Å²) in [7, 11) is 0. The Labute approximate surface area is 112 Å². The van der Waals surface area contributed by atoms with Crippen LogP contribution in [-0.4, -0.2) is 9.97 Å². The molecular weight excluding hydrogens is 234 g/mol. The first-order chi connectivity index (χ1) is 9.22. The van der Waals surface area contributed by atoms with Gasteiger partial charge in [0.05, 0.1) is 0 Å². The van der Waals surface area contributed by atoms with E-state index in [1.807, 2.05) is 0 Å². The lowest BCUT2D eigenvalue weighted by Crippen LogP contribution is -1.98. The second-order valence-corrected chi connectivity index (χ2v) is 4.75. The first-order valence-electron chi connectivity index (χ1n) is 6.27. The van der Waals surface area contributed by atoms with Gasteiger partial charge in [-0.1, -0.05) is 36.4 Å². The van der Waals surface area contributed by atoms with Crippen molar-refractivity contribution < 1.29 is 0 Å². The van der Waals surface area contributed by atoms with Crippen molar-refractivity contribution in [2.45, 2.75) is 13.3 Å². The van der Waals surface area contributed by atoms with Gasteiger partial charge < -0.3 is 5.73 Å². The van der Waals surface area contributed by atoms with E-state index in [-0.39, 0.29) is 0 Å². The molecule has 0 saturated carbocycles. The molecule has 0 saturated heterocycles. The molecule has 0 aliphatic carbocycles. The summed E-state index contributed by atoms with van der Waals surface area (Å²) in [5, 5.41) is 2.54. The summed E-state index contributed by atoms with van der Waals surface area (Å²) in [6, 6.07) is 12.9. The Morgan fingerprint density at radius 2 is 1.63 bits per heavy atom.